The van der Waals surface area contributed by atoms with E-state index in [9.17, 15) is 4.79 Å². The van der Waals surface area contributed by atoms with Gasteiger partial charge in [-0.05, 0) is 18.8 Å². The fourth-order valence-electron chi connectivity index (χ4n) is 2.71. The predicted octanol–water partition coefficient (Wildman–Crippen LogP) is -0.134. The summed E-state index contributed by atoms with van der Waals surface area (Å²) in [6, 6.07) is 0.0589. The summed E-state index contributed by atoms with van der Waals surface area (Å²) in [7, 11) is 0. The highest BCUT2D eigenvalue weighted by molar-refractivity contribution is 5.80. The number of nitrogens with one attached hydrogen (secondary N) is 1. The Morgan fingerprint density at radius 3 is 2.26 bits per heavy atom. The van der Waals surface area contributed by atoms with Crippen LogP contribution >= 0.6 is 0 Å². The van der Waals surface area contributed by atoms with Crippen molar-refractivity contribution in [3.05, 3.63) is 0 Å². The molecule has 19 heavy (non-hydrogen) atoms. The molecule has 1 unspecified atom stereocenters. The molecule has 1 saturated heterocycles. The molecule has 0 aromatic rings. The van der Waals surface area contributed by atoms with Crippen LogP contribution in [0.15, 0.2) is 0 Å². The zero-order valence-corrected chi connectivity index (χ0v) is 12.3. The Labute approximate surface area is 116 Å². The standard InChI is InChI=1S/C14H28N4O/c1-11(2)16-13(14(15)19)10-18-7-5-17(6-8-18)9-12-3-4-12/h11-13,16H,3-10H2,1-2H3,(H2,15,19). The summed E-state index contributed by atoms with van der Waals surface area (Å²) in [6.45, 7) is 10.5. The van der Waals surface area contributed by atoms with Crippen LogP contribution in [0.1, 0.15) is 26.7 Å². The van der Waals surface area contributed by atoms with Gasteiger partial charge < -0.3 is 16.0 Å². The Kier molecular flexibility index (Phi) is 5.19. The highest BCUT2D eigenvalue weighted by Crippen LogP contribution is 2.29. The van der Waals surface area contributed by atoms with Crippen LogP contribution in [0.3, 0.4) is 0 Å². The third kappa shape index (κ3) is 5.09. The maximum Gasteiger partial charge on any atom is 0.235 e. The lowest BCUT2D eigenvalue weighted by atomic mass is 10.2. The summed E-state index contributed by atoms with van der Waals surface area (Å²) in [5.41, 5.74) is 5.47. The van der Waals surface area contributed by atoms with Gasteiger partial charge in [0.1, 0.15) is 0 Å². The molecule has 2 fully saturated rings. The van der Waals surface area contributed by atoms with Gasteiger partial charge in [0, 0.05) is 45.3 Å². The Bertz CT molecular complexity index is 296. The number of carbonyl (C=O) groups is 1. The van der Waals surface area contributed by atoms with Crippen molar-refractivity contribution in [3.8, 4) is 0 Å². The number of nitrogens with zero attached hydrogens (tertiary/aromatic N) is 2. The molecule has 0 aromatic heterocycles. The van der Waals surface area contributed by atoms with Crippen LogP contribution in [0.25, 0.3) is 0 Å². The van der Waals surface area contributed by atoms with Gasteiger partial charge in [0.2, 0.25) is 5.91 Å². The van der Waals surface area contributed by atoms with E-state index in [0.29, 0.717) is 0 Å². The Morgan fingerprint density at radius 1 is 1.21 bits per heavy atom. The second-order valence-electron chi connectivity index (χ2n) is 6.32. The van der Waals surface area contributed by atoms with Crippen LogP contribution in [-0.4, -0.2) is 67.1 Å². The molecule has 1 heterocycles. The van der Waals surface area contributed by atoms with E-state index in [1.807, 2.05) is 13.8 Å². The number of carbonyl (C=O) groups excluding carboxylic acids is 1. The number of rotatable bonds is 7. The Balaban J connectivity index is 1.71. The average Bonchev–Trinajstić information content (AvgIpc) is 3.14. The first-order valence-electron chi connectivity index (χ1n) is 7.54. The summed E-state index contributed by atoms with van der Waals surface area (Å²) in [6.07, 6.45) is 2.84. The van der Waals surface area contributed by atoms with E-state index >= 15 is 0 Å². The molecule has 1 aliphatic heterocycles. The molecule has 110 valence electrons. The third-order valence-corrected chi connectivity index (χ3v) is 4.00. The van der Waals surface area contributed by atoms with E-state index in [1.165, 1.54) is 19.4 Å². The third-order valence-electron chi connectivity index (χ3n) is 4.00. The normalized spacial score (nSPS) is 23.7. The van der Waals surface area contributed by atoms with Gasteiger partial charge in [0.15, 0.2) is 0 Å². The van der Waals surface area contributed by atoms with Crippen molar-refractivity contribution < 1.29 is 4.79 Å². The van der Waals surface area contributed by atoms with E-state index in [1.54, 1.807) is 0 Å². The molecular weight excluding hydrogens is 240 g/mol. The van der Waals surface area contributed by atoms with E-state index < -0.39 is 0 Å². The van der Waals surface area contributed by atoms with Crippen molar-refractivity contribution in [2.45, 2.75) is 38.8 Å². The van der Waals surface area contributed by atoms with Gasteiger partial charge in [0.05, 0.1) is 6.04 Å². The van der Waals surface area contributed by atoms with E-state index in [-0.39, 0.29) is 18.0 Å². The molecule has 2 rings (SSSR count). The first-order chi connectivity index (χ1) is 9.04. The molecule has 1 amide bonds. The minimum atomic E-state index is -0.242. The highest BCUT2D eigenvalue weighted by atomic mass is 16.1. The van der Waals surface area contributed by atoms with Crippen LogP contribution in [0.5, 0.6) is 0 Å². The van der Waals surface area contributed by atoms with Crippen molar-refractivity contribution >= 4 is 5.91 Å². The molecule has 1 saturated carbocycles. The SMILES string of the molecule is CC(C)NC(CN1CCN(CC2CC2)CC1)C(N)=O. The maximum atomic E-state index is 11.4. The van der Waals surface area contributed by atoms with Gasteiger partial charge in [-0.3, -0.25) is 9.69 Å². The Morgan fingerprint density at radius 2 is 1.79 bits per heavy atom. The van der Waals surface area contributed by atoms with Gasteiger partial charge in [-0.2, -0.15) is 0 Å². The number of hydrogen-bond donors (Lipinski definition) is 2. The zero-order valence-electron chi connectivity index (χ0n) is 12.3. The fraction of sp³-hybridized carbons (Fsp3) is 0.929. The van der Waals surface area contributed by atoms with Crippen LogP contribution < -0.4 is 11.1 Å². The molecule has 5 heteroatoms. The number of hydrogen-bond acceptors (Lipinski definition) is 4. The molecule has 0 spiro atoms. The molecule has 3 N–H and O–H groups in total. The molecule has 1 atom stereocenters. The first-order valence-corrected chi connectivity index (χ1v) is 7.54. The lowest BCUT2D eigenvalue weighted by molar-refractivity contribution is -0.120. The van der Waals surface area contributed by atoms with E-state index in [2.05, 4.69) is 15.1 Å². The van der Waals surface area contributed by atoms with Crippen LogP contribution in [0.4, 0.5) is 0 Å². The van der Waals surface area contributed by atoms with Crippen LogP contribution in [-0.2, 0) is 4.79 Å². The quantitative estimate of drug-likeness (QED) is 0.675. The minimum absolute atomic E-state index is 0.227. The maximum absolute atomic E-state index is 11.4. The second-order valence-corrected chi connectivity index (χ2v) is 6.32. The number of primary amides is 1. The lowest BCUT2D eigenvalue weighted by Gasteiger charge is -2.36. The van der Waals surface area contributed by atoms with Crippen molar-refractivity contribution in [2.24, 2.45) is 11.7 Å². The number of nitrogens with two attached hydrogens (primary N) is 1. The van der Waals surface area contributed by atoms with Crippen molar-refractivity contribution in [3.63, 3.8) is 0 Å². The van der Waals surface area contributed by atoms with Crippen LogP contribution in [0, 0.1) is 5.92 Å². The average molecular weight is 268 g/mol. The number of piperazine rings is 1. The Hall–Kier alpha value is -0.650. The molecule has 2 aliphatic rings. The molecular formula is C14H28N4O. The van der Waals surface area contributed by atoms with E-state index in [0.717, 1.165) is 38.6 Å². The van der Waals surface area contributed by atoms with Crippen molar-refractivity contribution in [1.82, 2.24) is 15.1 Å². The summed E-state index contributed by atoms with van der Waals surface area (Å²) >= 11 is 0. The zero-order chi connectivity index (χ0) is 13.8. The molecule has 5 nitrogen and oxygen atoms in total. The smallest absolute Gasteiger partial charge is 0.235 e. The summed E-state index contributed by atoms with van der Waals surface area (Å²) < 4.78 is 0. The van der Waals surface area contributed by atoms with Gasteiger partial charge in [0.25, 0.3) is 0 Å². The monoisotopic (exact) mass is 268 g/mol. The summed E-state index contributed by atoms with van der Waals surface area (Å²) in [5.74, 6) is 0.724. The molecule has 1 aliphatic carbocycles. The summed E-state index contributed by atoms with van der Waals surface area (Å²) in [4.78, 5) is 16.4. The molecule has 0 aromatic carbocycles. The van der Waals surface area contributed by atoms with Gasteiger partial charge in [-0.1, -0.05) is 13.8 Å². The summed E-state index contributed by atoms with van der Waals surface area (Å²) in [5, 5.41) is 3.25. The van der Waals surface area contributed by atoms with Crippen molar-refractivity contribution in [1.29, 1.82) is 0 Å². The fourth-order valence-corrected chi connectivity index (χ4v) is 2.71. The van der Waals surface area contributed by atoms with Gasteiger partial charge in [-0.15, -0.1) is 0 Å². The second kappa shape index (κ2) is 6.68. The van der Waals surface area contributed by atoms with Gasteiger partial charge in [-0.25, -0.2) is 0 Å². The highest BCUT2D eigenvalue weighted by Gasteiger charge is 2.27. The first kappa shape index (κ1) is 14.8. The largest absolute Gasteiger partial charge is 0.368 e. The van der Waals surface area contributed by atoms with Crippen molar-refractivity contribution in [2.75, 3.05) is 39.3 Å². The minimum Gasteiger partial charge on any atom is -0.368 e. The molecule has 0 radical (unpaired) electrons. The van der Waals surface area contributed by atoms with Gasteiger partial charge >= 0.3 is 0 Å². The number of amides is 1. The van der Waals surface area contributed by atoms with E-state index in [4.69, 9.17) is 5.73 Å². The topological polar surface area (TPSA) is 61.6 Å². The van der Waals surface area contributed by atoms with Crippen LogP contribution in [0.2, 0.25) is 0 Å². The predicted molar refractivity (Wildman–Crippen MR) is 76.9 cm³/mol. The lowest BCUT2D eigenvalue weighted by Crippen LogP contribution is -2.55. The molecule has 0 bridgehead atoms.